The van der Waals surface area contributed by atoms with Gasteiger partial charge in [-0.05, 0) is 6.07 Å². The van der Waals surface area contributed by atoms with Crippen LogP contribution in [0.4, 0.5) is 5.69 Å². The van der Waals surface area contributed by atoms with Crippen molar-refractivity contribution in [3.05, 3.63) is 62.1 Å². The van der Waals surface area contributed by atoms with E-state index in [0.29, 0.717) is 4.73 Å². The first-order valence-corrected chi connectivity index (χ1v) is 7.43. The number of hydrogen-bond donors (Lipinski definition) is 0. The van der Waals surface area contributed by atoms with Crippen molar-refractivity contribution < 1.29 is 28.7 Å². The minimum Gasteiger partial charge on any atom is -0.618 e. The number of aromatic nitrogens is 1. The molecule has 0 unspecified atom stereocenters. The quantitative estimate of drug-likeness (QED) is 0.269. The van der Waals surface area contributed by atoms with Gasteiger partial charge in [0, 0.05) is 25.5 Å². The number of esters is 2. The Morgan fingerprint density at radius 2 is 1.46 bits per heavy atom. The summed E-state index contributed by atoms with van der Waals surface area (Å²) in [5.74, 6) is -1.80. The molecular weight excluding hydrogens is 344 g/mol. The third kappa shape index (κ3) is 2.94. The SMILES string of the molecule is COC(=O)c1c(-c2ccccc2[N+](=O)[O-])c(C(=O)OC)c(C)[n+]([O-])c1C. The molecule has 0 radical (unpaired) electrons. The van der Waals surface area contributed by atoms with Crippen LogP contribution in [0.2, 0.25) is 0 Å². The van der Waals surface area contributed by atoms with E-state index in [1.165, 1.54) is 38.1 Å². The van der Waals surface area contributed by atoms with Gasteiger partial charge in [-0.3, -0.25) is 10.1 Å². The van der Waals surface area contributed by atoms with Crippen LogP contribution in [0.15, 0.2) is 24.3 Å². The molecule has 0 aliphatic heterocycles. The Morgan fingerprint density at radius 1 is 1.00 bits per heavy atom. The number of ether oxygens (including phenoxy) is 2. The summed E-state index contributed by atoms with van der Waals surface area (Å²) in [5.41, 5.74) is -0.954. The molecule has 0 N–H and O–H groups in total. The predicted molar refractivity (Wildman–Crippen MR) is 89.6 cm³/mol. The maximum Gasteiger partial charge on any atom is 0.344 e. The van der Waals surface area contributed by atoms with Gasteiger partial charge >= 0.3 is 11.9 Å². The zero-order chi connectivity index (χ0) is 19.6. The number of carbonyl (C=O) groups is 2. The molecule has 0 saturated heterocycles. The lowest BCUT2D eigenvalue weighted by atomic mass is 9.91. The lowest BCUT2D eigenvalue weighted by molar-refractivity contribution is -0.619. The molecule has 136 valence electrons. The summed E-state index contributed by atoms with van der Waals surface area (Å²) in [7, 11) is 2.22. The molecule has 9 nitrogen and oxygen atoms in total. The van der Waals surface area contributed by atoms with Crippen molar-refractivity contribution in [1.82, 2.24) is 0 Å². The largest absolute Gasteiger partial charge is 0.618 e. The second kappa shape index (κ2) is 7.18. The molecule has 0 aliphatic carbocycles. The minimum atomic E-state index is -0.898. The van der Waals surface area contributed by atoms with Crippen LogP contribution in [0.5, 0.6) is 0 Å². The van der Waals surface area contributed by atoms with Crippen molar-refractivity contribution in [2.75, 3.05) is 14.2 Å². The molecule has 0 bridgehead atoms. The Labute approximate surface area is 148 Å². The van der Waals surface area contributed by atoms with E-state index >= 15 is 0 Å². The van der Waals surface area contributed by atoms with Crippen LogP contribution < -0.4 is 4.73 Å². The summed E-state index contributed by atoms with van der Waals surface area (Å²) >= 11 is 0. The molecule has 26 heavy (non-hydrogen) atoms. The van der Waals surface area contributed by atoms with E-state index in [1.807, 2.05) is 0 Å². The molecule has 1 aromatic heterocycles. The molecule has 1 heterocycles. The predicted octanol–water partition coefficient (Wildman–Crippen LogP) is 2.09. The Morgan fingerprint density at radius 3 is 1.88 bits per heavy atom. The van der Waals surface area contributed by atoms with Gasteiger partial charge in [0.1, 0.15) is 11.1 Å². The van der Waals surface area contributed by atoms with Gasteiger partial charge in [0.15, 0.2) is 0 Å². The van der Waals surface area contributed by atoms with Crippen LogP contribution in [0.25, 0.3) is 11.1 Å². The Hall–Kier alpha value is -3.49. The summed E-state index contributed by atoms with van der Waals surface area (Å²) in [5, 5.41) is 23.9. The van der Waals surface area contributed by atoms with Gasteiger partial charge in [0.05, 0.1) is 24.7 Å². The fourth-order valence-electron chi connectivity index (χ4n) is 2.76. The van der Waals surface area contributed by atoms with Crippen molar-refractivity contribution >= 4 is 17.6 Å². The van der Waals surface area contributed by atoms with Crippen LogP contribution in [0.3, 0.4) is 0 Å². The summed E-state index contributed by atoms with van der Waals surface area (Å²) in [6.45, 7) is 2.73. The first kappa shape index (κ1) is 18.8. The number of nitrogens with zero attached hydrogens (tertiary/aromatic N) is 2. The highest BCUT2D eigenvalue weighted by Crippen LogP contribution is 2.37. The summed E-state index contributed by atoms with van der Waals surface area (Å²) in [4.78, 5) is 35.5. The maximum absolute atomic E-state index is 12.4. The fraction of sp³-hybridized carbons (Fsp3) is 0.235. The van der Waals surface area contributed by atoms with Gasteiger partial charge in [-0.2, -0.15) is 4.73 Å². The number of nitro groups is 1. The van der Waals surface area contributed by atoms with Crippen LogP contribution in [0.1, 0.15) is 32.1 Å². The number of benzene rings is 1. The number of nitro benzene ring substituents is 1. The smallest absolute Gasteiger partial charge is 0.344 e. The zero-order valence-electron chi connectivity index (χ0n) is 14.6. The fourth-order valence-corrected chi connectivity index (χ4v) is 2.76. The van der Waals surface area contributed by atoms with E-state index in [1.54, 1.807) is 0 Å². The highest BCUT2D eigenvalue weighted by Gasteiger charge is 2.35. The topological polar surface area (TPSA) is 123 Å². The second-order valence-electron chi connectivity index (χ2n) is 5.35. The molecule has 9 heteroatoms. The molecule has 0 saturated carbocycles. The van der Waals surface area contributed by atoms with E-state index in [2.05, 4.69) is 0 Å². The molecule has 2 rings (SSSR count). The molecule has 0 amide bonds. The van der Waals surface area contributed by atoms with E-state index in [4.69, 9.17) is 9.47 Å². The average molecular weight is 360 g/mol. The van der Waals surface area contributed by atoms with Gasteiger partial charge in [0.2, 0.25) is 11.4 Å². The minimum absolute atomic E-state index is 0.00472. The molecule has 0 atom stereocenters. The standard InChI is InChI=1S/C17H16N2O7/c1-9-13(16(20)25-3)15(11-7-5-6-8-12(11)19(23)24)14(17(21)26-4)10(2)18(9)22/h5-8H,1-4H3. The van der Waals surface area contributed by atoms with E-state index in [-0.39, 0.29) is 39.3 Å². The second-order valence-corrected chi connectivity index (χ2v) is 5.35. The molecule has 0 fully saturated rings. The van der Waals surface area contributed by atoms with Crippen LogP contribution in [-0.4, -0.2) is 31.1 Å². The zero-order valence-corrected chi connectivity index (χ0v) is 14.6. The number of carbonyl (C=O) groups excluding carboxylic acids is 2. The maximum atomic E-state index is 12.4. The van der Waals surface area contributed by atoms with Crippen molar-refractivity contribution in [2.24, 2.45) is 0 Å². The van der Waals surface area contributed by atoms with Gasteiger partial charge in [-0.25, -0.2) is 9.59 Å². The van der Waals surface area contributed by atoms with E-state index < -0.39 is 16.9 Å². The lowest BCUT2D eigenvalue weighted by Crippen LogP contribution is -2.39. The van der Waals surface area contributed by atoms with Crippen LogP contribution in [0, 0.1) is 29.2 Å². The van der Waals surface area contributed by atoms with Crippen LogP contribution >= 0.6 is 0 Å². The monoisotopic (exact) mass is 360 g/mol. The Balaban J connectivity index is 3.11. The van der Waals surface area contributed by atoms with Crippen molar-refractivity contribution in [2.45, 2.75) is 13.8 Å². The van der Waals surface area contributed by atoms with Crippen LogP contribution in [-0.2, 0) is 9.47 Å². The summed E-state index contributed by atoms with van der Waals surface area (Å²) in [6.07, 6.45) is 0. The number of hydrogen-bond acceptors (Lipinski definition) is 7. The lowest BCUT2D eigenvalue weighted by Gasteiger charge is -2.17. The highest BCUT2D eigenvalue weighted by atomic mass is 16.6. The Bertz CT molecular complexity index is 879. The number of rotatable bonds is 4. The first-order chi connectivity index (χ1) is 12.3. The normalized spacial score (nSPS) is 10.3. The molecule has 2 aromatic rings. The first-order valence-electron chi connectivity index (χ1n) is 7.43. The third-order valence-corrected chi connectivity index (χ3v) is 3.98. The van der Waals surface area contributed by atoms with E-state index in [9.17, 15) is 24.9 Å². The highest BCUT2D eigenvalue weighted by molar-refractivity contribution is 6.07. The van der Waals surface area contributed by atoms with Crippen molar-refractivity contribution in [3.8, 4) is 11.1 Å². The van der Waals surface area contributed by atoms with Gasteiger partial charge in [-0.1, -0.05) is 12.1 Å². The molecule has 0 spiro atoms. The molecule has 0 aliphatic rings. The number of pyridine rings is 1. The van der Waals surface area contributed by atoms with Gasteiger partial charge in [0.25, 0.3) is 5.69 Å². The average Bonchev–Trinajstić information content (AvgIpc) is 2.64. The van der Waals surface area contributed by atoms with Gasteiger partial charge in [-0.15, -0.1) is 0 Å². The summed E-state index contributed by atoms with van der Waals surface area (Å²) in [6, 6.07) is 5.60. The third-order valence-electron chi connectivity index (χ3n) is 3.98. The number of methoxy groups -OCH3 is 2. The van der Waals surface area contributed by atoms with E-state index in [0.717, 1.165) is 14.2 Å². The Kier molecular flexibility index (Phi) is 5.20. The van der Waals surface area contributed by atoms with Crippen molar-refractivity contribution in [1.29, 1.82) is 0 Å². The summed E-state index contributed by atoms with van der Waals surface area (Å²) < 4.78 is 9.86. The van der Waals surface area contributed by atoms with Gasteiger partial charge < -0.3 is 14.7 Å². The molecule has 1 aromatic carbocycles. The molecular formula is C17H16N2O7. The van der Waals surface area contributed by atoms with Crippen molar-refractivity contribution in [3.63, 3.8) is 0 Å². The number of para-hydroxylation sites is 1.